The zero-order chi connectivity index (χ0) is 15.7. The predicted octanol–water partition coefficient (Wildman–Crippen LogP) is 5.32. The van der Waals surface area contributed by atoms with Gasteiger partial charge in [-0.1, -0.05) is 41.4 Å². The third-order valence-electron chi connectivity index (χ3n) is 3.10. The van der Waals surface area contributed by atoms with E-state index >= 15 is 0 Å². The fourth-order valence-electron chi connectivity index (χ4n) is 2.15. The first-order valence-corrected chi connectivity index (χ1v) is 8.31. The fourth-order valence-corrected chi connectivity index (χ4v) is 4.22. The topological polar surface area (TPSA) is 52.3 Å². The van der Waals surface area contributed by atoms with Gasteiger partial charge in [0, 0.05) is 19.9 Å². The summed E-state index contributed by atoms with van der Waals surface area (Å²) in [5.74, 6) is -0.232. The van der Waals surface area contributed by atoms with Crippen molar-refractivity contribution in [1.29, 1.82) is 0 Å². The van der Waals surface area contributed by atoms with Crippen LogP contribution in [-0.2, 0) is 4.74 Å². The molecule has 0 radical (unpaired) electrons. The average molecular weight is 389 g/mol. The highest BCUT2D eigenvalue weighted by Crippen LogP contribution is 2.45. The standard InChI is InChI=1S/C15H15BrClNO2S/c1-7(2)11-12(18)14(15(19)20-3)21-13(11)9-6-8(17)4-5-10(9)16/h4-7H,18H2,1-3H3. The van der Waals surface area contributed by atoms with E-state index in [1.54, 1.807) is 0 Å². The van der Waals surface area contributed by atoms with Crippen molar-refractivity contribution in [3.8, 4) is 10.4 Å². The van der Waals surface area contributed by atoms with Gasteiger partial charge in [-0.15, -0.1) is 11.3 Å². The molecule has 0 fully saturated rings. The van der Waals surface area contributed by atoms with Crippen molar-refractivity contribution in [2.45, 2.75) is 19.8 Å². The molecule has 0 unspecified atom stereocenters. The molecule has 2 N–H and O–H groups in total. The van der Waals surface area contributed by atoms with Crippen LogP contribution < -0.4 is 5.73 Å². The van der Waals surface area contributed by atoms with Crippen molar-refractivity contribution in [3.63, 3.8) is 0 Å². The summed E-state index contributed by atoms with van der Waals surface area (Å²) in [7, 11) is 1.35. The lowest BCUT2D eigenvalue weighted by Gasteiger charge is -2.10. The lowest BCUT2D eigenvalue weighted by Crippen LogP contribution is -2.03. The highest BCUT2D eigenvalue weighted by atomic mass is 79.9. The van der Waals surface area contributed by atoms with E-state index in [1.165, 1.54) is 18.4 Å². The molecule has 0 aliphatic rings. The minimum absolute atomic E-state index is 0.181. The van der Waals surface area contributed by atoms with Gasteiger partial charge in [0.1, 0.15) is 4.88 Å². The Hall–Kier alpha value is -1.04. The van der Waals surface area contributed by atoms with Gasteiger partial charge in [0.05, 0.1) is 12.8 Å². The number of anilines is 1. The molecule has 1 aromatic heterocycles. The number of methoxy groups -OCH3 is 1. The summed E-state index contributed by atoms with van der Waals surface area (Å²) >= 11 is 11.0. The number of ether oxygens (including phenoxy) is 1. The van der Waals surface area contributed by atoms with Crippen molar-refractivity contribution >= 4 is 50.5 Å². The molecular formula is C15H15BrClNO2S. The fraction of sp³-hybridized carbons (Fsp3) is 0.267. The smallest absolute Gasteiger partial charge is 0.350 e. The normalized spacial score (nSPS) is 11.0. The van der Waals surface area contributed by atoms with Gasteiger partial charge in [0.15, 0.2) is 0 Å². The molecule has 6 heteroatoms. The maximum Gasteiger partial charge on any atom is 0.350 e. The maximum absolute atomic E-state index is 11.9. The van der Waals surface area contributed by atoms with E-state index in [0.717, 1.165) is 20.5 Å². The quantitative estimate of drug-likeness (QED) is 0.724. The summed E-state index contributed by atoms with van der Waals surface area (Å²) in [6.07, 6.45) is 0. The second kappa shape index (κ2) is 6.38. The molecule has 0 saturated heterocycles. The van der Waals surface area contributed by atoms with Crippen LogP contribution in [0.15, 0.2) is 22.7 Å². The first-order valence-electron chi connectivity index (χ1n) is 6.32. The molecule has 0 aliphatic heterocycles. The lowest BCUT2D eigenvalue weighted by molar-refractivity contribution is 0.0607. The van der Waals surface area contributed by atoms with Gasteiger partial charge in [0.25, 0.3) is 0 Å². The van der Waals surface area contributed by atoms with Crippen LogP contribution in [0.4, 0.5) is 5.69 Å². The SMILES string of the molecule is COC(=O)c1sc(-c2cc(Cl)ccc2Br)c(C(C)C)c1N. The van der Waals surface area contributed by atoms with Crippen LogP contribution in [0.25, 0.3) is 10.4 Å². The number of hydrogen-bond donors (Lipinski definition) is 1. The molecule has 0 saturated carbocycles. The highest BCUT2D eigenvalue weighted by Gasteiger charge is 2.25. The van der Waals surface area contributed by atoms with Crippen molar-refractivity contribution in [2.24, 2.45) is 0 Å². The van der Waals surface area contributed by atoms with Crippen LogP contribution in [0, 0.1) is 0 Å². The van der Waals surface area contributed by atoms with Crippen LogP contribution in [0.1, 0.15) is 35.0 Å². The molecule has 2 rings (SSSR count). The van der Waals surface area contributed by atoms with Gasteiger partial charge < -0.3 is 10.5 Å². The van der Waals surface area contributed by atoms with E-state index in [1.807, 2.05) is 32.0 Å². The number of benzene rings is 1. The highest BCUT2D eigenvalue weighted by molar-refractivity contribution is 9.10. The third-order valence-corrected chi connectivity index (χ3v) is 5.27. The average Bonchev–Trinajstić information content (AvgIpc) is 2.78. The summed E-state index contributed by atoms with van der Waals surface area (Å²) in [5, 5.41) is 0.634. The number of rotatable bonds is 3. The number of nitrogen functional groups attached to an aromatic ring is 1. The van der Waals surface area contributed by atoms with Crippen molar-refractivity contribution in [1.82, 2.24) is 0 Å². The zero-order valence-electron chi connectivity index (χ0n) is 11.9. The Morgan fingerprint density at radius 1 is 1.43 bits per heavy atom. The Morgan fingerprint density at radius 2 is 2.10 bits per heavy atom. The number of carbonyl (C=O) groups excluding carboxylic acids is 1. The van der Waals surface area contributed by atoms with Crippen LogP contribution in [0.3, 0.4) is 0 Å². The number of hydrogen-bond acceptors (Lipinski definition) is 4. The van der Waals surface area contributed by atoms with Crippen LogP contribution in [-0.4, -0.2) is 13.1 Å². The monoisotopic (exact) mass is 387 g/mol. The summed E-state index contributed by atoms with van der Waals surface area (Å²) in [6.45, 7) is 4.09. The number of thiophene rings is 1. The Labute approximate surface area is 141 Å². The van der Waals surface area contributed by atoms with Crippen LogP contribution >= 0.6 is 38.9 Å². The summed E-state index contributed by atoms with van der Waals surface area (Å²) < 4.78 is 5.72. The molecule has 3 nitrogen and oxygen atoms in total. The van der Waals surface area contributed by atoms with Gasteiger partial charge in [-0.05, 0) is 29.7 Å². The molecule has 0 amide bonds. The molecule has 0 aliphatic carbocycles. The van der Waals surface area contributed by atoms with Crippen molar-refractivity contribution in [3.05, 3.63) is 38.1 Å². The minimum atomic E-state index is -0.413. The molecule has 0 bridgehead atoms. The van der Waals surface area contributed by atoms with Crippen LogP contribution in [0.2, 0.25) is 5.02 Å². The number of nitrogens with two attached hydrogens (primary N) is 1. The first kappa shape index (κ1) is 16.3. The summed E-state index contributed by atoms with van der Waals surface area (Å²) in [5.41, 5.74) is 8.53. The summed E-state index contributed by atoms with van der Waals surface area (Å²) in [6, 6.07) is 5.56. The van der Waals surface area contributed by atoms with Gasteiger partial charge >= 0.3 is 5.97 Å². The van der Waals surface area contributed by atoms with E-state index in [-0.39, 0.29) is 5.92 Å². The van der Waals surface area contributed by atoms with Crippen LogP contribution in [0.5, 0.6) is 0 Å². The molecule has 0 atom stereocenters. The minimum Gasteiger partial charge on any atom is -0.465 e. The molecule has 21 heavy (non-hydrogen) atoms. The Kier molecular flexibility index (Phi) is 4.96. The Balaban J connectivity index is 2.73. The van der Waals surface area contributed by atoms with E-state index in [0.29, 0.717) is 15.6 Å². The Bertz CT molecular complexity index is 697. The molecule has 112 valence electrons. The van der Waals surface area contributed by atoms with E-state index in [9.17, 15) is 4.79 Å². The maximum atomic E-state index is 11.9. The largest absolute Gasteiger partial charge is 0.465 e. The third kappa shape index (κ3) is 3.10. The zero-order valence-corrected chi connectivity index (χ0v) is 15.0. The van der Waals surface area contributed by atoms with E-state index < -0.39 is 5.97 Å². The van der Waals surface area contributed by atoms with Gasteiger partial charge in [-0.3, -0.25) is 0 Å². The molecule has 1 aromatic carbocycles. The van der Waals surface area contributed by atoms with Crippen molar-refractivity contribution < 1.29 is 9.53 Å². The van der Waals surface area contributed by atoms with Gasteiger partial charge in [0.2, 0.25) is 0 Å². The van der Waals surface area contributed by atoms with Crippen molar-refractivity contribution in [2.75, 3.05) is 12.8 Å². The van der Waals surface area contributed by atoms with E-state index in [4.69, 9.17) is 22.1 Å². The Morgan fingerprint density at radius 3 is 2.67 bits per heavy atom. The van der Waals surface area contributed by atoms with Gasteiger partial charge in [-0.2, -0.15) is 0 Å². The molecular weight excluding hydrogens is 374 g/mol. The molecule has 1 heterocycles. The lowest BCUT2D eigenvalue weighted by atomic mass is 9.98. The van der Waals surface area contributed by atoms with Gasteiger partial charge in [-0.25, -0.2) is 4.79 Å². The number of esters is 1. The summed E-state index contributed by atoms with van der Waals surface area (Å²) in [4.78, 5) is 13.3. The van der Waals surface area contributed by atoms with E-state index in [2.05, 4.69) is 15.9 Å². The molecule has 2 aromatic rings. The number of halogens is 2. The first-order chi connectivity index (χ1) is 9.86. The number of carbonyl (C=O) groups is 1. The second-order valence-electron chi connectivity index (χ2n) is 4.86. The molecule has 0 spiro atoms. The predicted molar refractivity (Wildman–Crippen MR) is 92.3 cm³/mol. The second-order valence-corrected chi connectivity index (χ2v) is 7.17.